The van der Waals surface area contributed by atoms with E-state index in [1.807, 2.05) is 37.3 Å². The van der Waals surface area contributed by atoms with Crippen molar-refractivity contribution in [2.24, 2.45) is 0 Å². The van der Waals surface area contributed by atoms with E-state index in [1.54, 1.807) is 0 Å². The Balaban J connectivity index is 2.43. The normalized spacial score (nSPS) is 17.4. The predicted octanol–water partition coefficient (Wildman–Crippen LogP) is 3.12. The van der Waals surface area contributed by atoms with Crippen LogP contribution < -0.4 is 0 Å². The lowest BCUT2D eigenvalue weighted by molar-refractivity contribution is -0.481. The molecule has 0 N–H and O–H groups in total. The van der Waals surface area contributed by atoms with Crippen LogP contribution in [-0.2, 0) is 4.79 Å². The summed E-state index contributed by atoms with van der Waals surface area (Å²) < 4.78 is 0. The lowest BCUT2D eigenvalue weighted by Gasteiger charge is -2.23. The van der Waals surface area contributed by atoms with Crippen LogP contribution in [-0.4, -0.2) is 17.3 Å². The van der Waals surface area contributed by atoms with E-state index in [1.165, 1.54) is 0 Å². The van der Waals surface area contributed by atoms with Crippen molar-refractivity contribution in [3.05, 3.63) is 57.2 Å². The summed E-state index contributed by atoms with van der Waals surface area (Å²) in [5.41, 5.74) is 2.52. The first-order valence-electron chi connectivity index (χ1n) is 6.49. The smallest absolute Gasteiger partial charge is 0.214 e. The van der Waals surface area contributed by atoms with Gasteiger partial charge in [-0.2, -0.15) is 0 Å². The number of carbonyl (C=O) groups excluding carboxylic acids is 1. The van der Waals surface area contributed by atoms with Gasteiger partial charge in [0.15, 0.2) is 5.78 Å². The van der Waals surface area contributed by atoms with Crippen molar-refractivity contribution in [2.75, 3.05) is 6.54 Å². The summed E-state index contributed by atoms with van der Waals surface area (Å²) in [6.45, 7) is 1.70. The number of rotatable bonds is 4. The van der Waals surface area contributed by atoms with Crippen LogP contribution in [0.3, 0.4) is 0 Å². The minimum atomic E-state index is -0.413. The molecule has 0 aromatic heterocycles. The second-order valence-corrected chi connectivity index (χ2v) is 4.95. The van der Waals surface area contributed by atoms with Gasteiger partial charge in [-0.05, 0) is 25.3 Å². The molecule has 0 amide bonds. The van der Waals surface area contributed by atoms with Crippen LogP contribution in [0.1, 0.15) is 37.7 Å². The zero-order valence-corrected chi connectivity index (χ0v) is 11.0. The largest absolute Gasteiger partial charge is 0.295 e. The molecule has 0 spiro atoms. The Morgan fingerprint density at radius 1 is 1.26 bits per heavy atom. The Morgan fingerprint density at radius 2 is 1.95 bits per heavy atom. The summed E-state index contributed by atoms with van der Waals surface area (Å²) in [5.74, 6) is -0.344. The average Bonchev–Trinajstić information content (AvgIpc) is 2.38. The van der Waals surface area contributed by atoms with E-state index >= 15 is 0 Å². The molecule has 1 aromatic rings. The molecule has 0 heterocycles. The zero-order valence-electron chi connectivity index (χ0n) is 11.0. The van der Waals surface area contributed by atoms with E-state index in [-0.39, 0.29) is 17.3 Å². The molecule has 0 bridgehead atoms. The fraction of sp³-hybridized carbons (Fsp3) is 0.400. The quantitative estimate of drug-likeness (QED) is 0.616. The summed E-state index contributed by atoms with van der Waals surface area (Å²) in [7, 11) is 0. The molecule has 1 aliphatic carbocycles. The van der Waals surface area contributed by atoms with Gasteiger partial charge in [0, 0.05) is 16.9 Å². The Hall–Kier alpha value is -1.97. The Kier molecular flexibility index (Phi) is 4.10. The molecular formula is C15H17NO3. The molecule has 0 fully saturated rings. The molecule has 1 aliphatic rings. The standard InChI is InChI=1S/C15H17NO3/c1-11-6-5-9-14(17)15(11)13(10-16(18)19)12-7-3-2-4-8-12/h2-4,7-8,13H,5-6,9-10H2,1H3/t13-/m1/s1. The Bertz CT molecular complexity index is 519. The molecule has 4 heteroatoms. The molecule has 2 rings (SSSR count). The maximum Gasteiger partial charge on any atom is 0.214 e. The van der Waals surface area contributed by atoms with Crippen molar-refractivity contribution >= 4 is 5.78 Å². The number of nitro groups is 1. The molecule has 0 unspecified atom stereocenters. The van der Waals surface area contributed by atoms with E-state index in [0.717, 1.165) is 24.0 Å². The van der Waals surface area contributed by atoms with E-state index in [0.29, 0.717) is 12.0 Å². The topological polar surface area (TPSA) is 60.2 Å². The minimum Gasteiger partial charge on any atom is -0.295 e. The lowest BCUT2D eigenvalue weighted by Crippen LogP contribution is -2.23. The Labute approximate surface area is 112 Å². The van der Waals surface area contributed by atoms with Crippen molar-refractivity contribution in [1.29, 1.82) is 0 Å². The first-order valence-corrected chi connectivity index (χ1v) is 6.49. The molecule has 100 valence electrons. The first-order chi connectivity index (χ1) is 9.09. The molecule has 4 nitrogen and oxygen atoms in total. The molecule has 0 aliphatic heterocycles. The van der Waals surface area contributed by atoms with Gasteiger partial charge in [-0.3, -0.25) is 14.9 Å². The predicted molar refractivity (Wildman–Crippen MR) is 72.6 cm³/mol. The fourth-order valence-electron chi connectivity index (χ4n) is 2.71. The maximum atomic E-state index is 12.1. The van der Waals surface area contributed by atoms with Gasteiger partial charge >= 0.3 is 0 Å². The van der Waals surface area contributed by atoms with E-state index in [9.17, 15) is 14.9 Å². The number of benzene rings is 1. The number of allylic oxidation sites excluding steroid dienone is 1. The maximum absolute atomic E-state index is 12.1. The lowest BCUT2D eigenvalue weighted by atomic mass is 9.80. The van der Waals surface area contributed by atoms with Crippen molar-refractivity contribution in [3.8, 4) is 0 Å². The van der Waals surface area contributed by atoms with E-state index in [4.69, 9.17) is 0 Å². The van der Waals surface area contributed by atoms with Gasteiger partial charge in [0.1, 0.15) is 0 Å². The van der Waals surface area contributed by atoms with Gasteiger partial charge < -0.3 is 0 Å². The van der Waals surface area contributed by atoms with Gasteiger partial charge in [0.25, 0.3) is 0 Å². The van der Waals surface area contributed by atoms with Gasteiger partial charge in [0.2, 0.25) is 6.54 Å². The van der Waals surface area contributed by atoms with Crippen molar-refractivity contribution in [1.82, 2.24) is 0 Å². The molecule has 1 atom stereocenters. The highest BCUT2D eigenvalue weighted by molar-refractivity contribution is 5.98. The SMILES string of the molecule is CC1=C([C@H](C[N+](=O)[O-])c2ccccc2)C(=O)CCC1. The van der Waals surface area contributed by atoms with Crippen LogP contribution in [0.15, 0.2) is 41.5 Å². The highest BCUT2D eigenvalue weighted by atomic mass is 16.6. The highest BCUT2D eigenvalue weighted by Crippen LogP contribution is 2.33. The summed E-state index contributed by atoms with van der Waals surface area (Å²) in [4.78, 5) is 22.7. The van der Waals surface area contributed by atoms with Crippen molar-refractivity contribution in [2.45, 2.75) is 32.1 Å². The van der Waals surface area contributed by atoms with Crippen LogP contribution >= 0.6 is 0 Å². The molecule has 0 saturated heterocycles. The zero-order chi connectivity index (χ0) is 13.8. The number of ketones is 1. The summed E-state index contributed by atoms with van der Waals surface area (Å²) in [6.07, 6.45) is 2.23. The fourth-order valence-corrected chi connectivity index (χ4v) is 2.71. The van der Waals surface area contributed by atoms with Crippen molar-refractivity contribution < 1.29 is 9.72 Å². The van der Waals surface area contributed by atoms with Crippen LogP contribution in [0.25, 0.3) is 0 Å². The van der Waals surface area contributed by atoms with E-state index < -0.39 is 5.92 Å². The number of hydrogen-bond donors (Lipinski definition) is 0. The highest BCUT2D eigenvalue weighted by Gasteiger charge is 2.30. The van der Waals surface area contributed by atoms with Gasteiger partial charge in [-0.1, -0.05) is 35.9 Å². The van der Waals surface area contributed by atoms with Gasteiger partial charge in [-0.15, -0.1) is 0 Å². The van der Waals surface area contributed by atoms with Crippen LogP contribution in [0, 0.1) is 10.1 Å². The number of nitrogens with zero attached hydrogens (tertiary/aromatic N) is 1. The third-order valence-electron chi connectivity index (χ3n) is 3.60. The summed E-state index contributed by atoms with van der Waals surface area (Å²) in [5, 5.41) is 10.9. The van der Waals surface area contributed by atoms with Crippen LogP contribution in [0.2, 0.25) is 0 Å². The third-order valence-corrected chi connectivity index (χ3v) is 3.60. The third kappa shape index (κ3) is 3.08. The van der Waals surface area contributed by atoms with Crippen molar-refractivity contribution in [3.63, 3.8) is 0 Å². The molecule has 0 saturated carbocycles. The average molecular weight is 259 g/mol. The van der Waals surface area contributed by atoms with Crippen LogP contribution in [0.4, 0.5) is 0 Å². The second kappa shape index (κ2) is 5.78. The molecule has 19 heavy (non-hydrogen) atoms. The first kappa shape index (κ1) is 13.5. The van der Waals surface area contributed by atoms with Gasteiger partial charge in [-0.25, -0.2) is 0 Å². The van der Waals surface area contributed by atoms with Crippen LogP contribution in [0.5, 0.6) is 0 Å². The van der Waals surface area contributed by atoms with Gasteiger partial charge in [0.05, 0.1) is 5.92 Å². The number of hydrogen-bond acceptors (Lipinski definition) is 3. The summed E-state index contributed by atoms with van der Waals surface area (Å²) >= 11 is 0. The number of carbonyl (C=O) groups is 1. The Morgan fingerprint density at radius 3 is 2.53 bits per heavy atom. The monoisotopic (exact) mass is 259 g/mol. The molecule has 1 aromatic carbocycles. The van der Waals surface area contributed by atoms with E-state index in [2.05, 4.69) is 0 Å². The summed E-state index contributed by atoms with van der Waals surface area (Å²) in [6, 6.07) is 9.29. The minimum absolute atomic E-state index is 0.0689. The number of Topliss-reactive ketones (excluding diaryl/α,β-unsaturated/α-hetero) is 1. The molecule has 0 radical (unpaired) electrons. The molecular weight excluding hydrogens is 242 g/mol. The second-order valence-electron chi connectivity index (χ2n) is 4.95.